The van der Waals surface area contributed by atoms with Crippen LogP contribution in [0.25, 0.3) is 11.0 Å². The highest BCUT2D eigenvalue weighted by atomic mass is 32.2. The van der Waals surface area contributed by atoms with E-state index in [4.69, 9.17) is 0 Å². The summed E-state index contributed by atoms with van der Waals surface area (Å²) in [6, 6.07) is 18.6. The second-order valence-corrected chi connectivity index (χ2v) is 10.7. The van der Waals surface area contributed by atoms with E-state index in [0.29, 0.717) is 42.5 Å². The molecule has 3 heterocycles. The molecular formula is C22H21N5O3S2. The highest BCUT2D eigenvalue weighted by Gasteiger charge is 2.31. The molecule has 0 bridgehead atoms. The normalized spacial score (nSPS) is 15.3. The van der Waals surface area contributed by atoms with Gasteiger partial charge in [0.15, 0.2) is 0 Å². The topological polar surface area (TPSA) is 88.4 Å². The number of piperazine rings is 1. The van der Waals surface area contributed by atoms with Gasteiger partial charge in [-0.05, 0) is 41.3 Å². The Balaban J connectivity index is 1.23. The molecule has 0 unspecified atom stereocenters. The van der Waals surface area contributed by atoms with Gasteiger partial charge in [-0.15, -0.1) is 16.4 Å². The van der Waals surface area contributed by atoms with E-state index in [-0.39, 0.29) is 5.91 Å². The minimum absolute atomic E-state index is 0.0871. The average Bonchev–Trinajstić information content (AvgIpc) is 3.51. The van der Waals surface area contributed by atoms with Crippen LogP contribution in [0, 0.1) is 0 Å². The van der Waals surface area contributed by atoms with Gasteiger partial charge in [0.25, 0.3) is 15.9 Å². The van der Waals surface area contributed by atoms with E-state index < -0.39 is 10.0 Å². The second kappa shape index (κ2) is 8.45. The molecule has 1 amide bonds. The molecule has 8 nitrogen and oxygen atoms in total. The van der Waals surface area contributed by atoms with E-state index in [9.17, 15) is 13.2 Å². The van der Waals surface area contributed by atoms with Crippen molar-refractivity contribution in [3.63, 3.8) is 0 Å². The number of hydrogen-bond donors (Lipinski definition) is 0. The predicted octanol–water partition coefficient (Wildman–Crippen LogP) is 2.69. The predicted molar refractivity (Wildman–Crippen MR) is 122 cm³/mol. The van der Waals surface area contributed by atoms with Crippen molar-refractivity contribution in [3.05, 3.63) is 77.2 Å². The summed E-state index contributed by atoms with van der Waals surface area (Å²) in [6.07, 6.45) is 0. The number of aromatic nitrogens is 3. The van der Waals surface area contributed by atoms with Crippen molar-refractivity contribution in [2.75, 3.05) is 26.2 Å². The molecule has 0 saturated carbocycles. The van der Waals surface area contributed by atoms with E-state index in [0.717, 1.165) is 16.6 Å². The average molecular weight is 468 g/mol. The minimum atomic E-state index is -3.48. The summed E-state index contributed by atoms with van der Waals surface area (Å²) in [5.74, 6) is -0.0871. The number of para-hydroxylation sites is 1. The van der Waals surface area contributed by atoms with Gasteiger partial charge in [0.1, 0.15) is 9.73 Å². The van der Waals surface area contributed by atoms with Crippen LogP contribution in [-0.4, -0.2) is 64.7 Å². The molecule has 10 heteroatoms. The zero-order chi connectivity index (χ0) is 22.1. The first-order chi connectivity index (χ1) is 15.5. The molecule has 1 fully saturated rings. The van der Waals surface area contributed by atoms with Crippen molar-refractivity contribution in [1.82, 2.24) is 24.2 Å². The highest BCUT2D eigenvalue weighted by molar-refractivity contribution is 7.91. The maximum Gasteiger partial charge on any atom is 0.253 e. The second-order valence-electron chi connectivity index (χ2n) is 7.56. The van der Waals surface area contributed by atoms with Crippen LogP contribution < -0.4 is 0 Å². The lowest BCUT2D eigenvalue weighted by Crippen LogP contribution is -2.50. The number of amides is 1. The number of fused-ring (bicyclic) bond motifs is 1. The molecule has 1 aliphatic heterocycles. The van der Waals surface area contributed by atoms with Gasteiger partial charge in [0.05, 0.1) is 12.1 Å². The zero-order valence-corrected chi connectivity index (χ0v) is 18.8. The molecule has 4 aromatic rings. The SMILES string of the molecule is O=C(c1ccc(Cn2nnc3ccccc32)cc1)N1CCN(S(=O)(=O)c2cccs2)CC1. The molecule has 1 saturated heterocycles. The summed E-state index contributed by atoms with van der Waals surface area (Å²) < 4.78 is 29.0. The third kappa shape index (κ3) is 3.92. The third-order valence-electron chi connectivity index (χ3n) is 5.57. The van der Waals surface area contributed by atoms with Crippen molar-refractivity contribution in [2.45, 2.75) is 10.8 Å². The maximum atomic E-state index is 12.9. The lowest BCUT2D eigenvalue weighted by Gasteiger charge is -2.33. The van der Waals surface area contributed by atoms with Crippen LogP contribution in [-0.2, 0) is 16.6 Å². The Bertz CT molecular complexity index is 1340. The van der Waals surface area contributed by atoms with E-state index in [1.165, 1.54) is 15.6 Å². The molecule has 0 radical (unpaired) electrons. The Morgan fingerprint density at radius 2 is 1.69 bits per heavy atom. The first kappa shape index (κ1) is 20.8. The minimum Gasteiger partial charge on any atom is -0.336 e. The molecule has 5 rings (SSSR count). The van der Waals surface area contributed by atoms with Gasteiger partial charge in [0.2, 0.25) is 0 Å². The fourth-order valence-corrected chi connectivity index (χ4v) is 6.38. The smallest absolute Gasteiger partial charge is 0.253 e. The van der Waals surface area contributed by atoms with Gasteiger partial charge < -0.3 is 4.90 Å². The van der Waals surface area contributed by atoms with Crippen LogP contribution >= 0.6 is 11.3 Å². The number of thiophene rings is 1. The summed E-state index contributed by atoms with van der Waals surface area (Å²) in [5, 5.41) is 10.1. The van der Waals surface area contributed by atoms with Crippen molar-refractivity contribution in [3.8, 4) is 0 Å². The van der Waals surface area contributed by atoms with Gasteiger partial charge in [-0.2, -0.15) is 4.31 Å². The molecule has 0 spiro atoms. The van der Waals surface area contributed by atoms with Crippen LogP contribution in [0.3, 0.4) is 0 Å². The Hall–Kier alpha value is -3.08. The van der Waals surface area contributed by atoms with E-state index >= 15 is 0 Å². The molecule has 2 aromatic carbocycles. The molecule has 0 atom stereocenters. The van der Waals surface area contributed by atoms with Gasteiger partial charge in [-0.1, -0.05) is 35.5 Å². The Labute approximate surface area is 189 Å². The summed E-state index contributed by atoms with van der Waals surface area (Å²) in [6.45, 7) is 1.90. The number of benzene rings is 2. The lowest BCUT2D eigenvalue weighted by atomic mass is 10.1. The monoisotopic (exact) mass is 467 g/mol. The maximum absolute atomic E-state index is 12.9. The van der Waals surface area contributed by atoms with Crippen LogP contribution in [0.2, 0.25) is 0 Å². The van der Waals surface area contributed by atoms with Crippen LogP contribution in [0.15, 0.2) is 70.3 Å². The van der Waals surface area contributed by atoms with Crippen LogP contribution in [0.4, 0.5) is 0 Å². The fraction of sp³-hybridized carbons (Fsp3) is 0.227. The third-order valence-corrected chi connectivity index (χ3v) is 8.84. The lowest BCUT2D eigenvalue weighted by molar-refractivity contribution is 0.0698. The fourth-order valence-electron chi connectivity index (χ4n) is 3.81. The number of nitrogens with zero attached hydrogens (tertiary/aromatic N) is 5. The van der Waals surface area contributed by atoms with Crippen molar-refractivity contribution >= 4 is 38.3 Å². The summed E-state index contributed by atoms with van der Waals surface area (Å²) in [4.78, 5) is 14.6. The number of sulfonamides is 1. The van der Waals surface area contributed by atoms with Gasteiger partial charge in [-0.25, -0.2) is 13.1 Å². The van der Waals surface area contributed by atoms with E-state index in [2.05, 4.69) is 10.3 Å². The number of carbonyl (C=O) groups excluding carboxylic acids is 1. The van der Waals surface area contributed by atoms with Crippen molar-refractivity contribution in [1.29, 1.82) is 0 Å². The van der Waals surface area contributed by atoms with Gasteiger partial charge in [0, 0.05) is 31.7 Å². The Kier molecular flexibility index (Phi) is 5.50. The Morgan fingerprint density at radius 3 is 2.41 bits per heavy atom. The molecule has 0 N–H and O–H groups in total. The first-order valence-corrected chi connectivity index (χ1v) is 12.5. The standard InChI is InChI=1S/C22H21N5O3S2/c28-22(25-11-13-26(14-12-25)32(29,30)21-6-3-15-31-21)18-9-7-17(8-10-18)16-27-20-5-2-1-4-19(20)23-24-27/h1-10,15H,11-14,16H2. The van der Waals surface area contributed by atoms with Gasteiger partial charge in [-0.3, -0.25) is 4.79 Å². The molecule has 32 heavy (non-hydrogen) atoms. The molecule has 2 aromatic heterocycles. The summed E-state index contributed by atoms with van der Waals surface area (Å²) >= 11 is 1.21. The van der Waals surface area contributed by atoms with Gasteiger partial charge >= 0.3 is 0 Å². The quantitative estimate of drug-likeness (QED) is 0.450. The van der Waals surface area contributed by atoms with E-state index in [1.807, 2.05) is 53.2 Å². The highest BCUT2D eigenvalue weighted by Crippen LogP contribution is 2.22. The van der Waals surface area contributed by atoms with Crippen LogP contribution in [0.5, 0.6) is 0 Å². The summed E-state index contributed by atoms with van der Waals surface area (Å²) in [7, 11) is -3.48. The zero-order valence-electron chi connectivity index (χ0n) is 17.2. The van der Waals surface area contributed by atoms with Crippen molar-refractivity contribution < 1.29 is 13.2 Å². The number of hydrogen-bond acceptors (Lipinski definition) is 6. The summed E-state index contributed by atoms with van der Waals surface area (Å²) in [5.41, 5.74) is 3.42. The number of carbonyl (C=O) groups is 1. The Morgan fingerprint density at radius 1 is 0.938 bits per heavy atom. The molecular weight excluding hydrogens is 446 g/mol. The molecule has 164 valence electrons. The van der Waals surface area contributed by atoms with Crippen LogP contribution in [0.1, 0.15) is 15.9 Å². The molecule has 1 aliphatic rings. The largest absolute Gasteiger partial charge is 0.336 e. The van der Waals surface area contributed by atoms with E-state index in [1.54, 1.807) is 22.4 Å². The molecule has 0 aliphatic carbocycles. The van der Waals surface area contributed by atoms with Crippen molar-refractivity contribution in [2.24, 2.45) is 0 Å². The first-order valence-electron chi connectivity index (χ1n) is 10.2. The number of rotatable bonds is 5.